The van der Waals surface area contributed by atoms with Gasteiger partial charge in [0.2, 0.25) is 0 Å². The Morgan fingerprint density at radius 3 is 2.57 bits per heavy atom. The van der Waals surface area contributed by atoms with Gasteiger partial charge in [-0.3, -0.25) is 0 Å². The zero-order valence-corrected chi connectivity index (χ0v) is 9.30. The van der Waals surface area contributed by atoms with Crippen molar-refractivity contribution in [2.24, 2.45) is 0 Å². The number of hydrogen-bond donors (Lipinski definition) is 0. The van der Waals surface area contributed by atoms with Crippen molar-refractivity contribution in [1.82, 2.24) is 0 Å². The molecular weight excluding hydrogens is 192 g/mol. The van der Waals surface area contributed by atoms with Crippen molar-refractivity contribution < 1.29 is 4.74 Å². The third-order valence-corrected chi connectivity index (χ3v) is 3.03. The maximum absolute atomic E-state index is 5.29. The molecule has 1 atom stereocenters. The Balaban J connectivity index is 2.48. The van der Waals surface area contributed by atoms with Crippen LogP contribution in [0.5, 0.6) is 5.75 Å². The molecule has 1 nitrogen and oxygen atoms in total. The third kappa shape index (κ3) is 3.35. The van der Waals surface area contributed by atoms with Crippen molar-refractivity contribution in [3.05, 3.63) is 29.8 Å². The number of benzene rings is 1. The summed E-state index contributed by atoms with van der Waals surface area (Å²) in [5.74, 6) is 4.54. The highest BCUT2D eigenvalue weighted by molar-refractivity contribution is 7.99. The standard InChI is InChI=1S/C12H14OS/c1-4-10(2)14-9-11-5-7-12(13-3)8-6-11/h1,5-8,10H,9H2,2-3H3. The van der Waals surface area contributed by atoms with E-state index in [0.29, 0.717) is 0 Å². The van der Waals surface area contributed by atoms with E-state index in [4.69, 9.17) is 11.2 Å². The first-order valence-corrected chi connectivity index (χ1v) is 5.52. The molecule has 0 saturated carbocycles. The zero-order valence-electron chi connectivity index (χ0n) is 8.49. The number of rotatable bonds is 4. The molecule has 0 N–H and O–H groups in total. The number of methoxy groups -OCH3 is 1. The van der Waals surface area contributed by atoms with Gasteiger partial charge in [-0.25, -0.2) is 0 Å². The normalized spacial score (nSPS) is 11.8. The van der Waals surface area contributed by atoms with Gasteiger partial charge in [0.25, 0.3) is 0 Å². The molecule has 0 radical (unpaired) electrons. The van der Waals surface area contributed by atoms with Crippen molar-refractivity contribution in [1.29, 1.82) is 0 Å². The Kier molecular flexibility index (Phi) is 4.42. The molecule has 1 aromatic rings. The Morgan fingerprint density at radius 2 is 2.07 bits per heavy atom. The zero-order chi connectivity index (χ0) is 10.4. The second kappa shape index (κ2) is 5.62. The predicted molar refractivity (Wildman–Crippen MR) is 62.6 cm³/mol. The second-order valence-corrected chi connectivity index (χ2v) is 4.30. The van der Waals surface area contributed by atoms with Crippen LogP contribution in [0.4, 0.5) is 0 Å². The minimum atomic E-state index is 0.275. The molecule has 1 aromatic carbocycles. The van der Waals surface area contributed by atoms with Crippen LogP contribution in [0.2, 0.25) is 0 Å². The summed E-state index contributed by atoms with van der Waals surface area (Å²) >= 11 is 1.77. The van der Waals surface area contributed by atoms with E-state index in [-0.39, 0.29) is 5.25 Å². The van der Waals surface area contributed by atoms with Gasteiger partial charge >= 0.3 is 0 Å². The summed E-state index contributed by atoms with van der Waals surface area (Å²) in [5.41, 5.74) is 1.28. The van der Waals surface area contributed by atoms with Crippen LogP contribution in [0.3, 0.4) is 0 Å². The van der Waals surface area contributed by atoms with Crippen LogP contribution in [-0.2, 0) is 5.75 Å². The smallest absolute Gasteiger partial charge is 0.118 e. The SMILES string of the molecule is C#CC(C)SCc1ccc(OC)cc1. The highest BCUT2D eigenvalue weighted by atomic mass is 32.2. The molecule has 0 spiro atoms. The Morgan fingerprint density at radius 1 is 1.43 bits per heavy atom. The van der Waals surface area contributed by atoms with Gasteiger partial charge in [0.05, 0.1) is 12.4 Å². The van der Waals surface area contributed by atoms with Crippen molar-refractivity contribution in [2.45, 2.75) is 17.9 Å². The quantitative estimate of drug-likeness (QED) is 0.700. The van der Waals surface area contributed by atoms with Gasteiger partial charge in [0.1, 0.15) is 5.75 Å². The molecule has 14 heavy (non-hydrogen) atoms. The fraction of sp³-hybridized carbons (Fsp3) is 0.333. The molecule has 0 bridgehead atoms. The fourth-order valence-corrected chi connectivity index (χ4v) is 1.72. The van der Waals surface area contributed by atoms with Crippen molar-refractivity contribution in [2.75, 3.05) is 7.11 Å². The summed E-state index contributed by atoms with van der Waals surface area (Å²) in [5, 5.41) is 0.275. The van der Waals surface area contributed by atoms with Gasteiger partial charge in [-0.2, -0.15) is 0 Å². The average Bonchev–Trinajstić information content (AvgIpc) is 2.26. The molecule has 2 heteroatoms. The summed E-state index contributed by atoms with van der Waals surface area (Å²) in [6.45, 7) is 2.04. The summed E-state index contributed by atoms with van der Waals surface area (Å²) in [7, 11) is 1.67. The molecule has 0 fully saturated rings. The average molecular weight is 206 g/mol. The van der Waals surface area contributed by atoms with Gasteiger partial charge in [-0.05, 0) is 24.6 Å². The number of terminal acetylenes is 1. The molecule has 0 heterocycles. The molecule has 0 amide bonds. The van der Waals surface area contributed by atoms with E-state index < -0.39 is 0 Å². The van der Waals surface area contributed by atoms with Crippen LogP contribution >= 0.6 is 11.8 Å². The minimum absolute atomic E-state index is 0.275. The maximum Gasteiger partial charge on any atom is 0.118 e. The lowest BCUT2D eigenvalue weighted by atomic mass is 10.2. The van der Waals surface area contributed by atoms with E-state index in [0.717, 1.165) is 11.5 Å². The topological polar surface area (TPSA) is 9.23 Å². The number of thioether (sulfide) groups is 1. The fourth-order valence-electron chi connectivity index (χ4n) is 0.991. The molecule has 0 aliphatic heterocycles. The van der Waals surface area contributed by atoms with Gasteiger partial charge < -0.3 is 4.74 Å². The maximum atomic E-state index is 5.29. The first-order valence-electron chi connectivity index (χ1n) is 4.47. The number of ether oxygens (including phenoxy) is 1. The summed E-state index contributed by atoms with van der Waals surface area (Å²) in [6, 6.07) is 8.07. The third-order valence-electron chi connectivity index (χ3n) is 1.89. The van der Waals surface area contributed by atoms with E-state index in [1.165, 1.54) is 5.56 Å². The van der Waals surface area contributed by atoms with E-state index in [1.54, 1.807) is 18.9 Å². The highest BCUT2D eigenvalue weighted by Gasteiger charge is 1.99. The first kappa shape index (κ1) is 11.0. The Labute approximate surface area is 89.9 Å². The molecule has 0 aliphatic rings. The van der Waals surface area contributed by atoms with Crippen LogP contribution in [0, 0.1) is 12.3 Å². The first-order chi connectivity index (χ1) is 6.76. The van der Waals surface area contributed by atoms with Crippen molar-refractivity contribution in [3.8, 4) is 18.1 Å². The lowest BCUT2D eigenvalue weighted by Crippen LogP contribution is -1.91. The molecule has 1 rings (SSSR count). The van der Waals surface area contributed by atoms with E-state index in [1.807, 2.05) is 19.1 Å². The molecular formula is C12H14OS. The van der Waals surface area contributed by atoms with Crippen LogP contribution in [0.1, 0.15) is 12.5 Å². The lowest BCUT2D eigenvalue weighted by Gasteiger charge is -2.05. The Hall–Kier alpha value is -1.07. The molecule has 1 unspecified atom stereocenters. The minimum Gasteiger partial charge on any atom is -0.497 e. The van der Waals surface area contributed by atoms with Gasteiger partial charge in [-0.15, -0.1) is 18.2 Å². The van der Waals surface area contributed by atoms with Gasteiger partial charge in [0.15, 0.2) is 0 Å². The summed E-state index contributed by atoms with van der Waals surface area (Å²) in [6.07, 6.45) is 5.29. The van der Waals surface area contributed by atoms with E-state index in [2.05, 4.69) is 18.1 Å². The summed E-state index contributed by atoms with van der Waals surface area (Å²) in [4.78, 5) is 0. The number of hydrogen-bond acceptors (Lipinski definition) is 2. The van der Waals surface area contributed by atoms with E-state index in [9.17, 15) is 0 Å². The van der Waals surface area contributed by atoms with Gasteiger partial charge in [0, 0.05) is 5.75 Å². The molecule has 0 saturated heterocycles. The second-order valence-electron chi connectivity index (χ2n) is 2.97. The lowest BCUT2D eigenvalue weighted by molar-refractivity contribution is 0.414. The molecule has 74 valence electrons. The summed E-state index contributed by atoms with van der Waals surface area (Å²) < 4.78 is 5.08. The largest absolute Gasteiger partial charge is 0.497 e. The van der Waals surface area contributed by atoms with Crippen LogP contribution < -0.4 is 4.74 Å². The molecule has 0 aliphatic carbocycles. The van der Waals surface area contributed by atoms with E-state index >= 15 is 0 Å². The highest BCUT2D eigenvalue weighted by Crippen LogP contribution is 2.19. The van der Waals surface area contributed by atoms with Crippen molar-refractivity contribution in [3.63, 3.8) is 0 Å². The van der Waals surface area contributed by atoms with Crippen LogP contribution in [0.25, 0.3) is 0 Å². The monoisotopic (exact) mass is 206 g/mol. The van der Waals surface area contributed by atoms with Crippen LogP contribution in [0.15, 0.2) is 24.3 Å². The van der Waals surface area contributed by atoms with Gasteiger partial charge in [-0.1, -0.05) is 18.1 Å². The molecule has 0 aromatic heterocycles. The Bertz CT molecular complexity index is 310. The predicted octanol–water partition coefficient (Wildman–Crippen LogP) is 2.95. The van der Waals surface area contributed by atoms with Crippen LogP contribution in [-0.4, -0.2) is 12.4 Å². The van der Waals surface area contributed by atoms with Crippen molar-refractivity contribution >= 4 is 11.8 Å².